The first-order valence-electron chi connectivity index (χ1n) is 5.10. The van der Waals surface area contributed by atoms with Gasteiger partial charge in [-0.15, -0.1) is 0 Å². The third kappa shape index (κ3) is 2.45. The lowest BCUT2D eigenvalue weighted by molar-refractivity contribution is 0.0988. The topological polar surface area (TPSA) is 17.1 Å². The van der Waals surface area contributed by atoms with Crippen LogP contribution in [0.3, 0.4) is 0 Å². The molecule has 1 fully saturated rings. The summed E-state index contributed by atoms with van der Waals surface area (Å²) in [5, 5.41) is 0.194. The minimum atomic E-state index is 0.194. The van der Waals surface area contributed by atoms with Crippen LogP contribution in [0.4, 0.5) is 0 Å². The van der Waals surface area contributed by atoms with Gasteiger partial charge >= 0.3 is 0 Å². The SMILES string of the molecule is Cc1ccc(C(=O)C2CCCS2)cc1Br. The highest BCUT2D eigenvalue weighted by molar-refractivity contribution is 9.10. The highest BCUT2D eigenvalue weighted by Crippen LogP contribution is 2.30. The summed E-state index contributed by atoms with van der Waals surface area (Å²) in [4.78, 5) is 12.1. The van der Waals surface area contributed by atoms with Crippen LogP contribution in [0.25, 0.3) is 0 Å². The van der Waals surface area contributed by atoms with Gasteiger partial charge in [-0.3, -0.25) is 4.79 Å². The molecule has 1 aliphatic heterocycles. The molecule has 1 heterocycles. The molecule has 1 saturated heterocycles. The van der Waals surface area contributed by atoms with Crippen LogP contribution >= 0.6 is 27.7 Å². The largest absolute Gasteiger partial charge is 0.293 e. The van der Waals surface area contributed by atoms with Crippen LogP contribution in [0, 0.1) is 6.92 Å². The molecule has 1 aromatic rings. The van der Waals surface area contributed by atoms with Crippen molar-refractivity contribution < 1.29 is 4.79 Å². The van der Waals surface area contributed by atoms with Crippen molar-refractivity contribution in [3.8, 4) is 0 Å². The summed E-state index contributed by atoms with van der Waals surface area (Å²) in [6.45, 7) is 2.03. The van der Waals surface area contributed by atoms with Gasteiger partial charge in [0.1, 0.15) is 0 Å². The van der Waals surface area contributed by atoms with Crippen LogP contribution in [0.1, 0.15) is 28.8 Å². The molecule has 1 atom stereocenters. The Balaban J connectivity index is 2.21. The van der Waals surface area contributed by atoms with E-state index < -0.39 is 0 Å². The minimum Gasteiger partial charge on any atom is -0.293 e. The van der Waals surface area contributed by atoms with E-state index in [9.17, 15) is 4.79 Å². The normalized spacial score (nSPS) is 20.5. The number of carbonyl (C=O) groups excluding carboxylic acids is 1. The summed E-state index contributed by atoms with van der Waals surface area (Å²) in [7, 11) is 0. The zero-order valence-electron chi connectivity index (χ0n) is 8.63. The van der Waals surface area contributed by atoms with Gasteiger partial charge in [-0.05, 0) is 37.1 Å². The van der Waals surface area contributed by atoms with Crippen molar-refractivity contribution in [3.05, 3.63) is 33.8 Å². The summed E-state index contributed by atoms with van der Waals surface area (Å²) in [5.74, 6) is 1.42. The molecular weight excluding hydrogens is 272 g/mol. The van der Waals surface area contributed by atoms with Crippen molar-refractivity contribution >= 4 is 33.5 Å². The second kappa shape index (κ2) is 4.71. The molecule has 15 heavy (non-hydrogen) atoms. The van der Waals surface area contributed by atoms with Crippen LogP contribution in [-0.2, 0) is 0 Å². The van der Waals surface area contributed by atoms with Crippen LogP contribution in [0.15, 0.2) is 22.7 Å². The maximum atomic E-state index is 12.1. The number of ketones is 1. The van der Waals surface area contributed by atoms with E-state index in [0.29, 0.717) is 5.78 Å². The summed E-state index contributed by atoms with van der Waals surface area (Å²) < 4.78 is 1.02. The maximum absolute atomic E-state index is 12.1. The quantitative estimate of drug-likeness (QED) is 0.768. The Hall–Kier alpha value is -0.280. The van der Waals surface area contributed by atoms with Gasteiger partial charge in [0, 0.05) is 10.0 Å². The summed E-state index contributed by atoms with van der Waals surface area (Å²) in [6, 6.07) is 5.87. The second-order valence-electron chi connectivity index (χ2n) is 3.83. The number of hydrogen-bond acceptors (Lipinski definition) is 2. The Kier molecular flexibility index (Phi) is 3.52. The Morgan fingerprint density at radius 3 is 2.93 bits per heavy atom. The first kappa shape index (κ1) is 11.2. The van der Waals surface area contributed by atoms with Crippen molar-refractivity contribution in [2.75, 3.05) is 5.75 Å². The van der Waals surface area contributed by atoms with E-state index >= 15 is 0 Å². The number of halogens is 1. The van der Waals surface area contributed by atoms with Crippen molar-refractivity contribution in [2.24, 2.45) is 0 Å². The van der Waals surface area contributed by atoms with E-state index in [1.54, 1.807) is 11.8 Å². The number of aryl methyl sites for hydroxylation is 1. The monoisotopic (exact) mass is 284 g/mol. The standard InChI is InChI=1S/C12H13BrOS/c1-8-4-5-9(7-10(8)13)12(14)11-3-2-6-15-11/h4-5,7,11H,2-3,6H2,1H3. The van der Waals surface area contributed by atoms with E-state index in [4.69, 9.17) is 0 Å². The number of Topliss-reactive ketones (excluding diaryl/α,β-unsaturated/α-hetero) is 1. The van der Waals surface area contributed by atoms with Gasteiger partial charge in [0.05, 0.1) is 5.25 Å². The molecule has 0 spiro atoms. The summed E-state index contributed by atoms with van der Waals surface area (Å²) in [5.41, 5.74) is 2.01. The van der Waals surface area contributed by atoms with E-state index in [0.717, 1.165) is 22.2 Å². The van der Waals surface area contributed by atoms with Crippen LogP contribution in [-0.4, -0.2) is 16.8 Å². The Bertz CT molecular complexity index is 383. The zero-order chi connectivity index (χ0) is 10.8. The zero-order valence-corrected chi connectivity index (χ0v) is 11.0. The fourth-order valence-electron chi connectivity index (χ4n) is 1.72. The van der Waals surface area contributed by atoms with Gasteiger partial charge in [0.25, 0.3) is 0 Å². The smallest absolute Gasteiger partial charge is 0.175 e. The predicted molar refractivity (Wildman–Crippen MR) is 68.7 cm³/mol. The third-order valence-electron chi connectivity index (χ3n) is 2.68. The molecule has 0 saturated carbocycles. The third-order valence-corrected chi connectivity index (χ3v) is 4.91. The maximum Gasteiger partial charge on any atom is 0.175 e. The molecule has 1 aromatic carbocycles. The molecule has 80 valence electrons. The van der Waals surface area contributed by atoms with Crippen molar-refractivity contribution in [1.29, 1.82) is 0 Å². The Labute approximate surface area is 103 Å². The first-order valence-corrected chi connectivity index (χ1v) is 6.94. The van der Waals surface area contributed by atoms with E-state index in [-0.39, 0.29) is 5.25 Å². The summed E-state index contributed by atoms with van der Waals surface area (Å²) in [6.07, 6.45) is 2.21. The van der Waals surface area contributed by atoms with Gasteiger partial charge in [-0.1, -0.05) is 28.1 Å². The molecular formula is C12H13BrOS. The van der Waals surface area contributed by atoms with Gasteiger partial charge in [0.15, 0.2) is 5.78 Å². The predicted octanol–water partition coefficient (Wildman–Crippen LogP) is 3.84. The summed E-state index contributed by atoms with van der Waals surface area (Å²) >= 11 is 5.25. The highest BCUT2D eigenvalue weighted by Gasteiger charge is 2.24. The van der Waals surface area contributed by atoms with Crippen molar-refractivity contribution in [2.45, 2.75) is 25.0 Å². The molecule has 1 aliphatic rings. The van der Waals surface area contributed by atoms with Gasteiger partial charge < -0.3 is 0 Å². The molecule has 0 aliphatic carbocycles. The molecule has 0 aromatic heterocycles. The lowest BCUT2D eigenvalue weighted by atomic mass is 10.0. The number of rotatable bonds is 2. The first-order chi connectivity index (χ1) is 7.18. The van der Waals surface area contributed by atoms with Gasteiger partial charge in [-0.25, -0.2) is 0 Å². The fourth-order valence-corrected chi connectivity index (χ4v) is 3.33. The number of benzene rings is 1. The number of thioether (sulfide) groups is 1. The van der Waals surface area contributed by atoms with Gasteiger partial charge in [-0.2, -0.15) is 11.8 Å². The lowest BCUT2D eigenvalue weighted by Gasteiger charge is -2.08. The van der Waals surface area contributed by atoms with Crippen LogP contribution in [0.5, 0.6) is 0 Å². The van der Waals surface area contributed by atoms with Crippen molar-refractivity contribution in [1.82, 2.24) is 0 Å². The molecule has 2 rings (SSSR count). The van der Waals surface area contributed by atoms with E-state index in [1.807, 2.05) is 25.1 Å². The molecule has 0 radical (unpaired) electrons. The number of hydrogen-bond donors (Lipinski definition) is 0. The Morgan fingerprint density at radius 1 is 1.53 bits per heavy atom. The van der Waals surface area contributed by atoms with Crippen molar-refractivity contribution in [3.63, 3.8) is 0 Å². The van der Waals surface area contributed by atoms with E-state index in [1.165, 1.54) is 12.0 Å². The average Bonchev–Trinajstić information content (AvgIpc) is 2.74. The minimum absolute atomic E-state index is 0.194. The molecule has 0 N–H and O–H groups in total. The molecule has 0 amide bonds. The Morgan fingerprint density at radius 2 is 2.33 bits per heavy atom. The van der Waals surface area contributed by atoms with E-state index in [2.05, 4.69) is 15.9 Å². The van der Waals surface area contributed by atoms with Crippen LogP contribution in [0.2, 0.25) is 0 Å². The van der Waals surface area contributed by atoms with Gasteiger partial charge in [0.2, 0.25) is 0 Å². The molecule has 1 nitrogen and oxygen atoms in total. The van der Waals surface area contributed by atoms with Crippen LogP contribution < -0.4 is 0 Å². The molecule has 0 bridgehead atoms. The second-order valence-corrected chi connectivity index (χ2v) is 5.99. The average molecular weight is 285 g/mol. The lowest BCUT2D eigenvalue weighted by Crippen LogP contribution is -2.13. The fraction of sp³-hybridized carbons (Fsp3) is 0.417. The molecule has 1 unspecified atom stereocenters. The highest BCUT2D eigenvalue weighted by atomic mass is 79.9. The number of carbonyl (C=O) groups is 1. The molecule has 3 heteroatoms.